The van der Waals surface area contributed by atoms with Gasteiger partial charge in [-0.15, -0.1) is 0 Å². The molecule has 3 rings (SSSR count). The number of hydrogen-bond donors (Lipinski definition) is 4. The van der Waals surface area contributed by atoms with E-state index in [0.29, 0.717) is 9.87 Å². The maximum absolute atomic E-state index is 10.1. The van der Waals surface area contributed by atoms with E-state index in [-0.39, 0.29) is 6.61 Å². The van der Waals surface area contributed by atoms with Gasteiger partial charge in [0.05, 0.1) is 13.2 Å². The molecule has 5 atom stereocenters. The van der Waals surface area contributed by atoms with Gasteiger partial charge in [-0.1, -0.05) is 0 Å². The Hall–Kier alpha value is -0.360. The molecule has 1 aromatic heterocycles. The van der Waals surface area contributed by atoms with Crippen molar-refractivity contribution in [2.24, 2.45) is 0 Å². The fourth-order valence-corrected chi connectivity index (χ4v) is 3.29. The number of rotatable bonds is 3. The molecule has 10 heteroatoms. The molecule has 1 aromatic rings. The van der Waals surface area contributed by atoms with Crippen molar-refractivity contribution in [1.82, 2.24) is 9.36 Å². The minimum absolute atomic E-state index is 0.0321. The first-order chi connectivity index (χ1) is 9.05. The summed E-state index contributed by atoms with van der Waals surface area (Å²) in [7, 11) is 0. The van der Waals surface area contributed by atoms with Crippen LogP contribution >= 0.6 is 27.5 Å². The van der Waals surface area contributed by atoms with Gasteiger partial charge in [0.15, 0.2) is 6.29 Å². The maximum atomic E-state index is 10.1. The second-order valence-electron chi connectivity index (χ2n) is 4.49. The molecule has 2 aliphatic heterocycles. The summed E-state index contributed by atoms with van der Waals surface area (Å²) in [5.41, 5.74) is -1.25. The number of nitrogens with one attached hydrogen (secondary N) is 1. The standard InChI is InChI=1S/C9H12BrN3O5S/c10-7-12-8(19-13-7)11-3-4(15)5(16)9(1-14)2-17-6(3)18-9/h3-6,14-16H,1-2H2,(H,11,12,13)/t3-,4-,5-,6+,9+/m1/s1. The average molecular weight is 354 g/mol. The number of nitrogens with zero attached hydrogens (tertiary/aromatic N) is 2. The highest BCUT2D eigenvalue weighted by atomic mass is 79.9. The van der Waals surface area contributed by atoms with Gasteiger partial charge in [0.1, 0.15) is 23.9 Å². The number of halogens is 1. The number of fused-ring (bicyclic) bond motifs is 2. The third kappa shape index (κ3) is 2.17. The van der Waals surface area contributed by atoms with Gasteiger partial charge in [-0.2, -0.15) is 9.36 Å². The zero-order chi connectivity index (χ0) is 13.6. The minimum atomic E-state index is -1.25. The lowest BCUT2D eigenvalue weighted by atomic mass is 9.88. The highest BCUT2D eigenvalue weighted by Gasteiger charge is 2.59. The largest absolute Gasteiger partial charge is 0.393 e. The van der Waals surface area contributed by atoms with Gasteiger partial charge in [0.2, 0.25) is 9.87 Å². The van der Waals surface area contributed by atoms with E-state index in [9.17, 15) is 15.3 Å². The number of anilines is 1. The maximum Gasteiger partial charge on any atom is 0.210 e. The van der Waals surface area contributed by atoms with Crippen molar-refractivity contribution in [3.63, 3.8) is 0 Å². The monoisotopic (exact) mass is 353 g/mol. The molecule has 0 saturated carbocycles. The van der Waals surface area contributed by atoms with Gasteiger partial charge in [0, 0.05) is 11.5 Å². The molecule has 106 valence electrons. The normalized spacial score (nSPS) is 41.5. The molecule has 8 nitrogen and oxygen atoms in total. The zero-order valence-electron chi connectivity index (χ0n) is 9.56. The molecular weight excluding hydrogens is 342 g/mol. The first kappa shape index (κ1) is 13.6. The SMILES string of the molecule is OC[C@@]12CO[C@@H](O1)[C@H](Nc1nc(Br)ns1)[C@@H](O)[C@H]2O. The summed E-state index contributed by atoms with van der Waals surface area (Å²) in [5.74, 6) is 0. The fraction of sp³-hybridized carbons (Fsp3) is 0.778. The predicted molar refractivity (Wildman–Crippen MR) is 67.7 cm³/mol. The molecule has 2 aliphatic rings. The van der Waals surface area contributed by atoms with E-state index >= 15 is 0 Å². The second kappa shape index (κ2) is 4.88. The van der Waals surface area contributed by atoms with Gasteiger partial charge in [-0.25, -0.2) is 0 Å². The smallest absolute Gasteiger partial charge is 0.210 e. The van der Waals surface area contributed by atoms with Crippen molar-refractivity contribution < 1.29 is 24.8 Å². The highest BCUT2D eigenvalue weighted by Crippen LogP contribution is 2.37. The number of aliphatic hydroxyl groups excluding tert-OH is 3. The van der Waals surface area contributed by atoms with E-state index in [1.54, 1.807) is 0 Å². The van der Waals surface area contributed by atoms with Crippen molar-refractivity contribution >= 4 is 32.6 Å². The van der Waals surface area contributed by atoms with Gasteiger partial charge in [-0.05, 0) is 15.9 Å². The van der Waals surface area contributed by atoms with E-state index in [1.165, 1.54) is 0 Å². The summed E-state index contributed by atoms with van der Waals surface area (Å²) >= 11 is 4.23. The van der Waals surface area contributed by atoms with Crippen molar-refractivity contribution in [2.45, 2.75) is 30.1 Å². The Morgan fingerprint density at radius 1 is 1.53 bits per heavy atom. The zero-order valence-corrected chi connectivity index (χ0v) is 12.0. The number of aliphatic hydroxyl groups is 3. The van der Waals surface area contributed by atoms with Crippen LogP contribution in [0.15, 0.2) is 4.73 Å². The Kier molecular flexibility index (Phi) is 3.50. The third-order valence-corrected chi connectivity index (χ3v) is 4.56. The highest BCUT2D eigenvalue weighted by molar-refractivity contribution is 9.10. The summed E-state index contributed by atoms with van der Waals surface area (Å²) in [4.78, 5) is 4.04. The van der Waals surface area contributed by atoms with E-state index in [2.05, 4.69) is 30.6 Å². The van der Waals surface area contributed by atoms with Gasteiger partial charge < -0.3 is 30.1 Å². The fourth-order valence-electron chi connectivity index (χ4n) is 2.26. The summed E-state index contributed by atoms with van der Waals surface area (Å²) in [6, 6.07) is -0.683. The Morgan fingerprint density at radius 3 is 2.95 bits per heavy atom. The summed E-state index contributed by atoms with van der Waals surface area (Å²) < 4.78 is 15.3. The summed E-state index contributed by atoms with van der Waals surface area (Å²) in [6.45, 7) is -0.386. The molecule has 0 aromatic carbocycles. The number of aromatic nitrogens is 2. The molecule has 0 unspecified atom stereocenters. The van der Waals surface area contributed by atoms with Crippen LogP contribution in [0.4, 0.5) is 5.13 Å². The second-order valence-corrected chi connectivity index (χ2v) is 5.96. The molecule has 19 heavy (non-hydrogen) atoms. The van der Waals surface area contributed by atoms with Crippen molar-refractivity contribution in [1.29, 1.82) is 0 Å². The van der Waals surface area contributed by atoms with Crippen LogP contribution in [-0.4, -0.2) is 68.0 Å². The first-order valence-corrected chi connectivity index (χ1v) is 7.14. The van der Waals surface area contributed by atoms with Gasteiger partial charge >= 0.3 is 0 Å². The Labute approximate surface area is 120 Å². The lowest BCUT2D eigenvalue weighted by Gasteiger charge is -2.41. The quantitative estimate of drug-likeness (QED) is 0.542. The minimum Gasteiger partial charge on any atom is -0.393 e. The van der Waals surface area contributed by atoms with Crippen LogP contribution in [0.25, 0.3) is 0 Å². The van der Waals surface area contributed by atoms with Crippen molar-refractivity contribution in [3.05, 3.63) is 4.73 Å². The molecule has 3 heterocycles. The summed E-state index contributed by atoms with van der Waals surface area (Å²) in [5, 5.41) is 32.9. The molecule has 2 fully saturated rings. The van der Waals surface area contributed by atoms with Crippen LogP contribution in [0.2, 0.25) is 0 Å². The van der Waals surface area contributed by atoms with Crippen LogP contribution in [0.5, 0.6) is 0 Å². The average Bonchev–Trinajstić information content (AvgIpc) is 2.99. The first-order valence-electron chi connectivity index (χ1n) is 5.58. The number of ether oxygens (including phenoxy) is 2. The van der Waals surface area contributed by atoms with Crippen LogP contribution < -0.4 is 5.32 Å². The van der Waals surface area contributed by atoms with Gasteiger partial charge in [-0.3, -0.25) is 0 Å². The van der Waals surface area contributed by atoms with E-state index < -0.39 is 36.7 Å². The topological polar surface area (TPSA) is 117 Å². The van der Waals surface area contributed by atoms with Crippen LogP contribution in [0.1, 0.15) is 0 Å². The molecule has 0 spiro atoms. The van der Waals surface area contributed by atoms with Crippen molar-refractivity contribution in [2.75, 3.05) is 18.5 Å². The molecular formula is C9H12BrN3O5S. The lowest BCUT2D eigenvalue weighted by molar-refractivity contribution is -0.224. The Morgan fingerprint density at radius 2 is 2.32 bits per heavy atom. The Balaban J connectivity index is 1.80. The molecule has 4 N–H and O–H groups in total. The Bertz CT molecular complexity index is 476. The molecule has 2 bridgehead atoms. The third-order valence-electron chi connectivity index (χ3n) is 3.33. The lowest BCUT2D eigenvalue weighted by Crippen LogP contribution is -2.64. The summed E-state index contributed by atoms with van der Waals surface area (Å²) in [6.07, 6.45) is -3.14. The van der Waals surface area contributed by atoms with Crippen LogP contribution in [0, 0.1) is 0 Å². The molecule has 0 amide bonds. The number of hydrogen-bond acceptors (Lipinski definition) is 9. The van der Waals surface area contributed by atoms with E-state index in [0.717, 1.165) is 11.5 Å². The van der Waals surface area contributed by atoms with Crippen LogP contribution in [0.3, 0.4) is 0 Å². The molecule has 0 radical (unpaired) electrons. The van der Waals surface area contributed by atoms with Crippen LogP contribution in [-0.2, 0) is 9.47 Å². The van der Waals surface area contributed by atoms with Crippen molar-refractivity contribution in [3.8, 4) is 0 Å². The van der Waals surface area contributed by atoms with E-state index in [1.807, 2.05) is 0 Å². The van der Waals surface area contributed by atoms with Gasteiger partial charge in [0.25, 0.3) is 0 Å². The molecule has 2 saturated heterocycles. The van der Waals surface area contributed by atoms with E-state index in [4.69, 9.17) is 9.47 Å². The predicted octanol–water partition coefficient (Wildman–Crippen LogP) is -1.08. The molecule has 0 aliphatic carbocycles.